The monoisotopic (exact) mass is 303 g/mol. The van der Waals surface area contributed by atoms with Crippen LogP contribution in [0.3, 0.4) is 0 Å². The highest BCUT2D eigenvalue weighted by molar-refractivity contribution is 8.01. The predicted octanol–water partition coefficient (Wildman–Crippen LogP) is 2.26. The number of hydrogen-bond acceptors (Lipinski definition) is 7. The van der Waals surface area contributed by atoms with E-state index < -0.39 is 5.54 Å². The fourth-order valence-corrected chi connectivity index (χ4v) is 3.63. The third-order valence-corrected chi connectivity index (χ3v) is 4.82. The number of ether oxygens (including phenoxy) is 1. The number of nitrogens with zero attached hydrogens (tertiary/aromatic N) is 2. The molecule has 0 spiro atoms. The topological polar surface area (TPSA) is 64.1 Å². The molecular formula is C12H21N3O2S2. The van der Waals surface area contributed by atoms with Crippen LogP contribution in [-0.4, -0.2) is 41.1 Å². The maximum atomic E-state index is 11.8. The molecule has 108 valence electrons. The molecule has 19 heavy (non-hydrogen) atoms. The van der Waals surface area contributed by atoms with E-state index in [1.54, 1.807) is 23.1 Å². The molecular weight excluding hydrogens is 282 g/mol. The normalized spacial score (nSPS) is 14.1. The summed E-state index contributed by atoms with van der Waals surface area (Å²) in [6, 6.07) is 0. The molecule has 0 fully saturated rings. The van der Waals surface area contributed by atoms with Crippen LogP contribution < -0.4 is 5.32 Å². The molecule has 1 unspecified atom stereocenters. The Hall–Kier alpha value is -0.660. The molecule has 0 aliphatic carbocycles. The van der Waals surface area contributed by atoms with E-state index in [-0.39, 0.29) is 5.97 Å². The SMILES string of the molecule is CCNC(C)(CCCSc1nnc(C)s1)C(=O)OC. The van der Waals surface area contributed by atoms with Gasteiger partial charge in [-0.15, -0.1) is 10.2 Å². The predicted molar refractivity (Wildman–Crippen MR) is 78.7 cm³/mol. The lowest BCUT2D eigenvalue weighted by atomic mass is 9.96. The Morgan fingerprint density at radius 2 is 2.26 bits per heavy atom. The van der Waals surface area contributed by atoms with Crippen LogP contribution in [0.5, 0.6) is 0 Å². The van der Waals surface area contributed by atoms with Crippen LogP contribution in [0.15, 0.2) is 4.34 Å². The maximum absolute atomic E-state index is 11.8. The molecule has 0 radical (unpaired) electrons. The van der Waals surface area contributed by atoms with E-state index in [1.807, 2.05) is 20.8 Å². The number of nitrogens with one attached hydrogen (secondary N) is 1. The number of methoxy groups -OCH3 is 1. The summed E-state index contributed by atoms with van der Waals surface area (Å²) in [5.41, 5.74) is -0.596. The molecule has 0 aromatic carbocycles. The van der Waals surface area contributed by atoms with Gasteiger partial charge in [-0.2, -0.15) is 0 Å². The Labute approximate surface area is 122 Å². The van der Waals surface area contributed by atoms with Gasteiger partial charge < -0.3 is 10.1 Å². The highest BCUT2D eigenvalue weighted by Crippen LogP contribution is 2.24. The molecule has 0 aliphatic heterocycles. The van der Waals surface area contributed by atoms with Crippen molar-refractivity contribution in [1.29, 1.82) is 0 Å². The Morgan fingerprint density at radius 1 is 1.53 bits per heavy atom. The number of aryl methyl sites for hydroxylation is 1. The van der Waals surface area contributed by atoms with Gasteiger partial charge in [0, 0.05) is 5.75 Å². The zero-order chi connectivity index (χ0) is 14.3. The summed E-state index contributed by atoms with van der Waals surface area (Å²) in [5, 5.41) is 12.2. The van der Waals surface area contributed by atoms with Crippen molar-refractivity contribution < 1.29 is 9.53 Å². The number of aromatic nitrogens is 2. The largest absolute Gasteiger partial charge is 0.468 e. The summed E-state index contributed by atoms with van der Waals surface area (Å²) < 4.78 is 5.84. The zero-order valence-corrected chi connectivity index (χ0v) is 13.5. The number of carbonyl (C=O) groups excluding carboxylic acids is 1. The number of likely N-dealkylation sites (N-methyl/N-ethyl adjacent to an activating group) is 1. The summed E-state index contributed by atoms with van der Waals surface area (Å²) in [6.07, 6.45) is 1.67. The lowest BCUT2D eigenvalue weighted by Gasteiger charge is -2.27. The van der Waals surface area contributed by atoms with Crippen molar-refractivity contribution in [3.8, 4) is 0 Å². The average molecular weight is 303 g/mol. The lowest BCUT2D eigenvalue weighted by molar-refractivity contribution is -0.148. The fourth-order valence-electron chi connectivity index (χ4n) is 1.80. The van der Waals surface area contributed by atoms with E-state index in [9.17, 15) is 4.79 Å². The molecule has 0 saturated heterocycles. The second-order valence-electron chi connectivity index (χ2n) is 4.39. The molecule has 0 bridgehead atoms. The van der Waals surface area contributed by atoms with Crippen LogP contribution in [0, 0.1) is 6.92 Å². The van der Waals surface area contributed by atoms with Crippen molar-refractivity contribution in [2.75, 3.05) is 19.4 Å². The van der Waals surface area contributed by atoms with Crippen LogP contribution in [0.1, 0.15) is 31.7 Å². The third-order valence-electron chi connectivity index (χ3n) is 2.76. The zero-order valence-electron chi connectivity index (χ0n) is 11.9. The summed E-state index contributed by atoms with van der Waals surface area (Å²) in [5.74, 6) is 0.721. The van der Waals surface area contributed by atoms with E-state index in [0.717, 1.165) is 34.5 Å². The number of carbonyl (C=O) groups is 1. The minimum absolute atomic E-state index is 0.203. The molecule has 1 atom stereocenters. The van der Waals surface area contributed by atoms with E-state index in [0.29, 0.717) is 0 Å². The lowest BCUT2D eigenvalue weighted by Crippen LogP contribution is -2.50. The standard InChI is InChI=1S/C12H21N3O2S2/c1-5-13-12(3,10(16)17-4)7-6-8-18-11-15-14-9(2)19-11/h13H,5-8H2,1-4H3. The van der Waals surface area contributed by atoms with Crippen LogP contribution in [0.25, 0.3) is 0 Å². The van der Waals surface area contributed by atoms with E-state index in [1.165, 1.54) is 7.11 Å². The molecule has 1 N–H and O–H groups in total. The Balaban J connectivity index is 2.38. The van der Waals surface area contributed by atoms with Gasteiger partial charge in [0.2, 0.25) is 0 Å². The van der Waals surface area contributed by atoms with Crippen LogP contribution >= 0.6 is 23.1 Å². The summed E-state index contributed by atoms with van der Waals surface area (Å²) in [6.45, 7) is 6.57. The van der Waals surface area contributed by atoms with E-state index in [4.69, 9.17) is 4.74 Å². The van der Waals surface area contributed by atoms with Gasteiger partial charge in [0.1, 0.15) is 10.5 Å². The number of thioether (sulfide) groups is 1. The first-order valence-corrected chi connectivity index (χ1v) is 8.08. The first kappa shape index (κ1) is 16.4. The van der Waals surface area contributed by atoms with Crippen molar-refractivity contribution in [2.45, 2.75) is 43.5 Å². The third kappa shape index (κ3) is 5.08. The molecule has 1 rings (SSSR count). The van der Waals surface area contributed by atoms with Crippen molar-refractivity contribution in [3.05, 3.63) is 5.01 Å². The Kier molecular flexibility index (Phi) is 6.74. The second-order valence-corrected chi connectivity index (χ2v) is 6.92. The van der Waals surface area contributed by atoms with Crippen LogP contribution in [-0.2, 0) is 9.53 Å². The highest BCUT2D eigenvalue weighted by atomic mass is 32.2. The minimum Gasteiger partial charge on any atom is -0.468 e. The molecule has 0 amide bonds. The first-order chi connectivity index (χ1) is 9.01. The van der Waals surface area contributed by atoms with E-state index >= 15 is 0 Å². The van der Waals surface area contributed by atoms with Gasteiger partial charge in [0.15, 0.2) is 4.34 Å². The molecule has 5 nitrogen and oxygen atoms in total. The number of esters is 1. The van der Waals surface area contributed by atoms with E-state index in [2.05, 4.69) is 15.5 Å². The Bertz CT molecular complexity index is 411. The summed E-state index contributed by atoms with van der Waals surface area (Å²) in [7, 11) is 1.43. The van der Waals surface area contributed by atoms with Gasteiger partial charge in [-0.1, -0.05) is 30.0 Å². The quantitative estimate of drug-likeness (QED) is 0.451. The summed E-state index contributed by atoms with van der Waals surface area (Å²) >= 11 is 3.28. The molecule has 0 saturated carbocycles. The number of rotatable bonds is 8. The van der Waals surface area contributed by atoms with Gasteiger partial charge in [-0.25, -0.2) is 0 Å². The van der Waals surface area contributed by atoms with Crippen molar-refractivity contribution in [3.63, 3.8) is 0 Å². The minimum atomic E-state index is -0.596. The van der Waals surface area contributed by atoms with Gasteiger partial charge in [0.05, 0.1) is 7.11 Å². The molecule has 1 aromatic heterocycles. The van der Waals surface area contributed by atoms with Crippen molar-refractivity contribution in [2.24, 2.45) is 0 Å². The smallest absolute Gasteiger partial charge is 0.325 e. The molecule has 7 heteroatoms. The van der Waals surface area contributed by atoms with Crippen molar-refractivity contribution >= 4 is 29.1 Å². The van der Waals surface area contributed by atoms with Gasteiger partial charge in [-0.3, -0.25) is 4.79 Å². The fraction of sp³-hybridized carbons (Fsp3) is 0.750. The second kappa shape index (κ2) is 7.81. The number of hydrogen-bond donors (Lipinski definition) is 1. The molecule has 1 aromatic rings. The van der Waals surface area contributed by atoms with Gasteiger partial charge in [0.25, 0.3) is 0 Å². The maximum Gasteiger partial charge on any atom is 0.325 e. The Morgan fingerprint density at radius 3 is 2.79 bits per heavy atom. The highest BCUT2D eigenvalue weighted by Gasteiger charge is 2.32. The molecule has 1 heterocycles. The van der Waals surface area contributed by atoms with Crippen molar-refractivity contribution in [1.82, 2.24) is 15.5 Å². The van der Waals surface area contributed by atoms with Crippen LogP contribution in [0.2, 0.25) is 0 Å². The molecule has 0 aliphatic rings. The average Bonchev–Trinajstić information content (AvgIpc) is 2.80. The first-order valence-electron chi connectivity index (χ1n) is 6.28. The van der Waals surface area contributed by atoms with Gasteiger partial charge in [-0.05, 0) is 33.2 Å². The van der Waals surface area contributed by atoms with Crippen LogP contribution in [0.4, 0.5) is 0 Å². The summed E-state index contributed by atoms with van der Waals surface area (Å²) in [4.78, 5) is 11.8. The van der Waals surface area contributed by atoms with Gasteiger partial charge >= 0.3 is 5.97 Å².